The third-order valence-corrected chi connectivity index (χ3v) is 7.98. The second kappa shape index (κ2) is 10.2. The maximum atomic E-state index is 13.0. The van der Waals surface area contributed by atoms with Gasteiger partial charge in [0.15, 0.2) is 11.5 Å². The molecule has 2 aliphatic rings. The van der Waals surface area contributed by atoms with Crippen molar-refractivity contribution >= 4 is 27.5 Å². The van der Waals surface area contributed by atoms with Crippen LogP contribution in [0, 0.1) is 5.92 Å². The average Bonchev–Trinajstić information content (AvgIpc) is 2.84. The van der Waals surface area contributed by atoms with E-state index in [1.54, 1.807) is 12.1 Å². The highest BCUT2D eigenvalue weighted by Crippen LogP contribution is 2.38. The lowest BCUT2D eigenvalue weighted by molar-refractivity contribution is -0.126. The predicted molar refractivity (Wildman–Crippen MR) is 124 cm³/mol. The molecule has 0 radical (unpaired) electrons. The number of nitrogens with one attached hydrogen (secondary N) is 1. The lowest BCUT2D eigenvalue weighted by Gasteiger charge is -2.31. The number of piperidine rings is 1. The first-order valence-electron chi connectivity index (χ1n) is 10.9. The van der Waals surface area contributed by atoms with Gasteiger partial charge in [-0.05, 0) is 61.2 Å². The molecule has 1 N–H and O–H groups in total. The van der Waals surface area contributed by atoms with E-state index in [4.69, 9.17) is 25.8 Å². The van der Waals surface area contributed by atoms with Crippen LogP contribution < -0.4 is 19.5 Å². The summed E-state index contributed by atoms with van der Waals surface area (Å²) in [6, 6.07) is 9.96. The fourth-order valence-electron chi connectivity index (χ4n) is 4.05. The highest BCUT2D eigenvalue weighted by atomic mass is 35.5. The highest BCUT2D eigenvalue weighted by Gasteiger charge is 2.33. The Labute approximate surface area is 198 Å². The number of carbonyl (C=O) groups excluding carboxylic acids is 1. The molecular formula is C23H27ClN2O6S. The van der Waals surface area contributed by atoms with Gasteiger partial charge in [0, 0.05) is 19.6 Å². The van der Waals surface area contributed by atoms with E-state index in [-0.39, 0.29) is 17.3 Å². The first kappa shape index (κ1) is 23.7. The molecule has 2 aromatic carbocycles. The summed E-state index contributed by atoms with van der Waals surface area (Å²) in [6.07, 6.45) is 1.85. The molecular weight excluding hydrogens is 468 g/mol. The Morgan fingerprint density at radius 1 is 1.21 bits per heavy atom. The van der Waals surface area contributed by atoms with Crippen LogP contribution in [0.3, 0.4) is 0 Å². The van der Waals surface area contributed by atoms with E-state index in [1.807, 2.05) is 12.1 Å². The molecule has 0 saturated carbocycles. The molecule has 1 amide bonds. The molecule has 2 aliphatic heterocycles. The lowest BCUT2D eigenvalue weighted by atomic mass is 9.98. The molecule has 4 rings (SSSR count). The van der Waals surface area contributed by atoms with E-state index in [2.05, 4.69) is 5.32 Å². The summed E-state index contributed by atoms with van der Waals surface area (Å²) in [6.45, 7) is 1.91. The SMILES string of the molecule is COc1ccc(S(=O)(=O)N2CCCC(C(=O)NCCc3cc(Cl)c4c(c3)OCCO4)C2)cc1. The standard InChI is InChI=1S/C23H27ClN2O6S/c1-30-18-4-6-19(7-5-18)33(28,29)26-10-2-3-17(15-26)23(27)25-9-8-16-13-20(24)22-21(14-16)31-11-12-32-22/h4-7,13-14,17H,2-3,8-12,15H2,1H3,(H,25,27). The second-order valence-corrected chi connectivity index (χ2v) is 10.4. The Morgan fingerprint density at radius 2 is 1.97 bits per heavy atom. The van der Waals surface area contributed by atoms with Crippen LogP contribution in [0.1, 0.15) is 18.4 Å². The number of benzene rings is 2. The van der Waals surface area contributed by atoms with Crippen molar-refractivity contribution in [1.82, 2.24) is 9.62 Å². The average molecular weight is 495 g/mol. The zero-order valence-corrected chi connectivity index (χ0v) is 20.0. The summed E-state index contributed by atoms with van der Waals surface area (Å²) in [4.78, 5) is 13.0. The van der Waals surface area contributed by atoms with Crippen LogP contribution in [0.25, 0.3) is 0 Å². The summed E-state index contributed by atoms with van der Waals surface area (Å²) >= 11 is 6.28. The molecule has 1 fully saturated rings. The van der Waals surface area contributed by atoms with E-state index in [1.165, 1.54) is 23.5 Å². The third-order valence-electron chi connectivity index (χ3n) is 5.82. The number of carbonyl (C=O) groups is 1. The Hall–Kier alpha value is -2.49. The van der Waals surface area contributed by atoms with Crippen LogP contribution in [0.4, 0.5) is 0 Å². The summed E-state index contributed by atoms with van der Waals surface area (Å²) in [5.74, 6) is 1.21. The molecule has 2 heterocycles. The Bertz CT molecular complexity index is 1110. The fourth-order valence-corrected chi connectivity index (χ4v) is 5.87. The Balaban J connectivity index is 1.33. The summed E-state index contributed by atoms with van der Waals surface area (Å²) in [7, 11) is -2.15. The van der Waals surface area contributed by atoms with Gasteiger partial charge < -0.3 is 19.5 Å². The van der Waals surface area contributed by atoms with Gasteiger partial charge in [0.1, 0.15) is 19.0 Å². The van der Waals surface area contributed by atoms with Crippen molar-refractivity contribution in [3.63, 3.8) is 0 Å². The first-order chi connectivity index (χ1) is 15.9. The van der Waals surface area contributed by atoms with Gasteiger partial charge in [-0.2, -0.15) is 4.31 Å². The summed E-state index contributed by atoms with van der Waals surface area (Å²) in [5.41, 5.74) is 0.928. The largest absolute Gasteiger partial charge is 0.497 e. The van der Waals surface area contributed by atoms with Crippen LogP contribution in [0.2, 0.25) is 5.02 Å². The highest BCUT2D eigenvalue weighted by molar-refractivity contribution is 7.89. The molecule has 2 aromatic rings. The number of rotatable bonds is 7. The third kappa shape index (κ3) is 5.37. The minimum Gasteiger partial charge on any atom is -0.497 e. The summed E-state index contributed by atoms with van der Waals surface area (Å²) in [5, 5.41) is 3.42. The molecule has 0 aliphatic carbocycles. The summed E-state index contributed by atoms with van der Waals surface area (Å²) < 4.78 is 43.7. The number of fused-ring (bicyclic) bond motifs is 1. The van der Waals surface area contributed by atoms with Gasteiger partial charge in [0.05, 0.1) is 22.9 Å². The van der Waals surface area contributed by atoms with Crippen LogP contribution in [-0.2, 0) is 21.2 Å². The van der Waals surface area contributed by atoms with E-state index < -0.39 is 15.9 Å². The Morgan fingerprint density at radius 3 is 2.73 bits per heavy atom. The van der Waals surface area contributed by atoms with Crippen LogP contribution in [-0.4, -0.2) is 58.6 Å². The molecule has 8 nitrogen and oxygen atoms in total. The van der Waals surface area contributed by atoms with E-state index in [0.717, 1.165) is 5.56 Å². The quantitative estimate of drug-likeness (QED) is 0.636. The van der Waals surface area contributed by atoms with E-state index >= 15 is 0 Å². The van der Waals surface area contributed by atoms with Gasteiger partial charge in [-0.1, -0.05) is 11.6 Å². The monoisotopic (exact) mass is 494 g/mol. The lowest BCUT2D eigenvalue weighted by Crippen LogP contribution is -2.45. The second-order valence-electron chi connectivity index (χ2n) is 8.02. The number of ether oxygens (including phenoxy) is 3. The molecule has 33 heavy (non-hydrogen) atoms. The van der Waals surface area contributed by atoms with E-state index in [0.29, 0.717) is 67.8 Å². The number of nitrogens with zero attached hydrogens (tertiary/aromatic N) is 1. The van der Waals surface area contributed by atoms with Crippen molar-refractivity contribution in [2.24, 2.45) is 5.92 Å². The van der Waals surface area contributed by atoms with Gasteiger partial charge in [-0.3, -0.25) is 4.79 Å². The fraction of sp³-hybridized carbons (Fsp3) is 0.435. The molecule has 10 heteroatoms. The maximum absolute atomic E-state index is 13.0. The predicted octanol–water partition coefficient (Wildman–Crippen LogP) is 2.88. The maximum Gasteiger partial charge on any atom is 0.243 e. The van der Waals surface area contributed by atoms with Crippen molar-refractivity contribution in [3.8, 4) is 17.2 Å². The molecule has 0 aromatic heterocycles. The van der Waals surface area contributed by atoms with Crippen LogP contribution in [0.5, 0.6) is 17.2 Å². The Kier molecular flexibility index (Phi) is 7.31. The van der Waals surface area contributed by atoms with Crippen molar-refractivity contribution in [3.05, 3.63) is 47.0 Å². The molecule has 178 valence electrons. The number of sulfonamides is 1. The van der Waals surface area contributed by atoms with Crippen molar-refractivity contribution in [2.75, 3.05) is 40.0 Å². The van der Waals surface area contributed by atoms with Crippen LogP contribution in [0.15, 0.2) is 41.3 Å². The topological polar surface area (TPSA) is 94.2 Å². The first-order valence-corrected chi connectivity index (χ1v) is 12.7. The van der Waals surface area contributed by atoms with Gasteiger partial charge in [-0.25, -0.2) is 8.42 Å². The van der Waals surface area contributed by atoms with Crippen LogP contribution >= 0.6 is 11.6 Å². The van der Waals surface area contributed by atoms with Crippen molar-refractivity contribution < 1.29 is 27.4 Å². The number of methoxy groups -OCH3 is 1. The zero-order chi connectivity index (χ0) is 23.4. The van der Waals surface area contributed by atoms with Gasteiger partial charge in [0.25, 0.3) is 0 Å². The molecule has 1 unspecified atom stereocenters. The van der Waals surface area contributed by atoms with Gasteiger partial charge >= 0.3 is 0 Å². The van der Waals surface area contributed by atoms with Gasteiger partial charge in [-0.15, -0.1) is 0 Å². The molecule has 1 atom stereocenters. The van der Waals surface area contributed by atoms with Crippen molar-refractivity contribution in [2.45, 2.75) is 24.2 Å². The number of hydrogen-bond acceptors (Lipinski definition) is 6. The molecule has 0 spiro atoms. The normalized spacial score (nSPS) is 18.5. The smallest absolute Gasteiger partial charge is 0.243 e. The zero-order valence-electron chi connectivity index (χ0n) is 18.4. The number of amides is 1. The number of hydrogen-bond donors (Lipinski definition) is 1. The minimum absolute atomic E-state index is 0.145. The number of halogens is 1. The molecule has 0 bridgehead atoms. The van der Waals surface area contributed by atoms with E-state index in [9.17, 15) is 13.2 Å². The minimum atomic E-state index is -3.67. The van der Waals surface area contributed by atoms with Crippen molar-refractivity contribution in [1.29, 1.82) is 0 Å². The molecule has 1 saturated heterocycles. The van der Waals surface area contributed by atoms with Gasteiger partial charge in [0.2, 0.25) is 15.9 Å².